The van der Waals surface area contributed by atoms with Crippen molar-refractivity contribution in [2.75, 3.05) is 13.1 Å². The second kappa shape index (κ2) is 5.43. The zero-order chi connectivity index (χ0) is 13.2. The number of hydrogen-bond donors (Lipinski definition) is 2. The van der Waals surface area contributed by atoms with Gasteiger partial charge in [0.1, 0.15) is 0 Å². The third-order valence-corrected chi connectivity index (χ3v) is 3.66. The quantitative estimate of drug-likeness (QED) is 0.783. The summed E-state index contributed by atoms with van der Waals surface area (Å²) in [5.74, 6) is 0. The Morgan fingerprint density at radius 2 is 1.89 bits per heavy atom. The standard InChI is InChI=1S/C14H22BNO2/c1-14(2)8-3-9-16(11-14)10-12-4-6-13(7-5-12)15(17)18/h4-7,17-18H,3,8-11H2,1-2H3. The lowest BCUT2D eigenvalue weighted by Gasteiger charge is -2.38. The van der Waals surface area contributed by atoms with Crippen molar-refractivity contribution in [3.63, 3.8) is 0 Å². The fourth-order valence-electron chi connectivity index (χ4n) is 2.73. The van der Waals surface area contributed by atoms with Crippen molar-refractivity contribution in [1.29, 1.82) is 0 Å². The minimum absolute atomic E-state index is 0.416. The molecular formula is C14H22BNO2. The largest absolute Gasteiger partial charge is 0.488 e. The lowest BCUT2D eigenvalue weighted by Crippen LogP contribution is -2.39. The molecule has 2 rings (SSSR count). The van der Waals surface area contributed by atoms with Gasteiger partial charge in [-0.05, 0) is 35.8 Å². The maximum absolute atomic E-state index is 9.05. The van der Waals surface area contributed by atoms with Crippen LogP contribution in [-0.4, -0.2) is 35.2 Å². The third kappa shape index (κ3) is 3.58. The van der Waals surface area contributed by atoms with Crippen LogP contribution in [0.5, 0.6) is 0 Å². The molecule has 1 aliphatic heterocycles. The molecule has 0 atom stereocenters. The number of nitrogens with zero attached hydrogens (tertiary/aromatic N) is 1. The first-order valence-electron chi connectivity index (χ1n) is 6.64. The van der Waals surface area contributed by atoms with E-state index in [0.29, 0.717) is 10.9 Å². The van der Waals surface area contributed by atoms with Gasteiger partial charge in [0.2, 0.25) is 0 Å². The molecule has 2 N–H and O–H groups in total. The molecule has 0 bridgehead atoms. The fourth-order valence-corrected chi connectivity index (χ4v) is 2.73. The molecule has 0 aromatic heterocycles. The van der Waals surface area contributed by atoms with E-state index in [2.05, 4.69) is 18.7 Å². The summed E-state index contributed by atoms with van der Waals surface area (Å²) in [6.07, 6.45) is 2.57. The van der Waals surface area contributed by atoms with Gasteiger partial charge in [-0.25, -0.2) is 0 Å². The maximum atomic E-state index is 9.05. The molecule has 0 spiro atoms. The smallest absolute Gasteiger partial charge is 0.423 e. The molecule has 1 aromatic carbocycles. The predicted molar refractivity (Wildman–Crippen MR) is 74.6 cm³/mol. The van der Waals surface area contributed by atoms with Crippen molar-refractivity contribution in [3.05, 3.63) is 29.8 Å². The van der Waals surface area contributed by atoms with Gasteiger partial charge in [-0.3, -0.25) is 4.90 Å². The Kier molecular flexibility index (Phi) is 4.10. The minimum Gasteiger partial charge on any atom is -0.423 e. The Hall–Kier alpha value is -0.835. The van der Waals surface area contributed by atoms with E-state index in [4.69, 9.17) is 10.0 Å². The molecule has 98 valence electrons. The van der Waals surface area contributed by atoms with Crippen molar-refractivity contribution in [1.82, 2.24) is 4.90 Å². The van der Waals surface area contributed by atoms with Crippen LogP contribution in [0.4, 0.5) is 0 Å². The number of likely N-dealkylation sites (tertiary alicyclic amines) is 1. The molecular weight excluding hydrogens is 225 g/mol. The number of hydrogen-bond acceptors (Lipinski definition) is 3. The SMILES string of the molecule is CC1(C)CCCN(Cc2ccc(B(O)O)cc2)C1. The zero-order valence-electron chi connectivity index (χ0n) is 11.3. The van der Waals surface area contributed by atoms with E-state index in [-0.39, 0.29) is 0 Å². The van der Waals surface area contributed by atoms with Crippen LogP contribution in [0, 0.1) is 5.41 Å². The molecule has 3 nitrogen and oxygen atoms in total. The molecule has 0 unspecified atom stereocenters. The molecule has 0 aliphatic carbocycles. The molecule has 4 heteroatoms. The highest BCUT2D eigenvalue weighted by Gasteiger charge is 2.26. The summed E-state index contributed by atoms with van der Waals surface area (Å²) < 4.78 is 0. The monoisotopic (exact) mass is 247 g/mol. The predicted octanol–water partition coefficient (Wildman–Crippen LogP) is 0.988. The number of rotatable bonds is 3. The van der Waals surface area contributed by atoms with Gasteiger partial charge < -0.3 is 10.0 Å². The van der Waals surface area contributed by atoms with E-state index < -0.39 is 7.12 Å². The van der Waals surface area contributed by atoms with Crippen molar-refractivity contribution in [2.24, 2.45) is 5.41 Å². The van der Waals surface area contributed by atoms with Gasteiger partial charge in [0, 0.05) is 13.1 Å². The first-order valence-corrected chi connectivity index (χ1v) is 6.64. The van der Waals surface area contributed by atoms with Gasteiger partial charge in [0.25, 0.3) is 0 Å². The summed E-state index contributed by atoms with van der Waals surface area (Å²) in [6, 6.07) is 7.54. The highest BCUT2D eigenvalue weighted by Crippen LogP contribution is 2.29. The van der Waals surface area contributed by atoms with E-state index in [1.807, 2.05) is 12.1 Å². The highest BCUT2D eigenvalue weighted by atomic mass is 16.4. The first kappa shape index (κ1) is 13.6. The summed E-state index contributed by atoms with van der Waals surface area (Å²) in [5, 5.41) is 18.1. The van der Waals surface area contributed by atoms with Crippen molar-refractivity contribution in [3.8, 4) is 0 Å². The molecule has 0 radical (unpaired) electrons. The lowest BCUT2D eigenvalue weighted by atomic mass is 9.80. The molecule has 0 saturated carbocycles. The number of piperidine rings is 1. The molecule has 0 amide bonds. The summed E-state index contributed by atoms with van der Waals surface area (Å²) in [6.45, 7) is 7.89. The third-order valence-electron chi connectivity index (χ3n) is 3.66. The van der Waals surface area contributed by atoms with Gasteiger partial charge >= 0.3 is 7.12 Å². The van der Waals surface area contributed by atoms with Crippen molar-refractivity contribution >= 4 is 12.6 Å². The summed E-state index contributed by atoms with van der Waals surface area (Å²) in [4.78, 5) is 2.48. The normalized spacial score (nSPS) is 19.8. The topological polar surface area (TPSA) is 43.7 Å². The van der Waals surface area contributed by atoms with E-state index >= 15 is 0 Å². The van der Waals surface area contributed by atoms with Crippen LogP contribution in [0.15, 0.2) is 24.3 Å². The molecule has 1 aliphatic rings. The molecule has 1 aromatic rings. The van der Waals surface area contributed by atoms with Crippen molar-refractivity contribution in [2.45, 2.75) is 33.2 Å². The average Bonchev–Trinajstić information content (AvgIpc) is 2.28. The summed E-state index contributed by atoms with van der Waals surface area (Å²) >= 11 is 0. The van der Waals surface area contributed by atoms with Gasteiger partial charge in [-0.2, -0.15) is 0 Å². The van der Waals surface area contributed by atoms with Gasteiger partial charge in [0.15, 0.2) is 0 Å². The zero-order valence-corrected chi connectivity index (χ0v) is 11.3. The average molecular weight is 247 g/mol. The van der Waals surface area contributed by atoms with E-state index in [0.717, 1.165) is 19.6 Å². The van der Waals surface area contributed by atoms with Crippen LogP contribution in [0.25, 0.3) is 0 Å². The highest BCUT2D eigenvalue weighted by molar-refractivity contribution is 6.58. The van der Waals surface area contributed by atoms with E-state index in [1.54, 1.807) is 12.1 Å². The Labute approximate surface area is 110 Å². The van der Waals surface area contributed by atoms with Crippen LogP contribution >= 0.6 is 0 Å². The van der Waals surface area contributed by atoms with Crippen LogP contribution in [-0.2, 0) is 6.54 Å². The molecule has 1 fully saturated rings. The first-order chi connectivity index (χ1) is 8.46. The Morgan fingerprint density at radius 1 is 1.22 bits per heavy atom. The van der Waals surface area contributed by atoms with Gasteiger partial charge in [-0.1, -0.05) is 38.1 Å². The molecule has 1 heterocycles. The summed E-state index contributed by atoms with van der Waals surface area (Å²) in [7, 11) is -1.37. The number of benzene rings is 1. The molecule has 18 heavy (non-hydrogen) atoms. The van der Waals surface area contributed by atoms with Crippen LogP contribution < -0.4 is 5.46 Å². The van der Waals surface area contributed by atoms with Gasteiger partial charge in [0.05, 0.1) is 0 Å². The second-order valence-corrected chi connectivity index (χ2v) is 6.09. The lowest BCUT2D eigenvalue weighted by molar-refractivity contribution is 0.112. The Balaban J connectivity index is 1.97. The Morgan fingerprint density at radius 3 is 2.44 bits per heavy atom. The molecule has 1 saturated heterocycles. The van der Waals surface area contributed by atoms with Crippen molar-refractivity contribution < 1.29 is 10.0 Å². The Bertz CT molecular complexity index is 389. The minimum atomic E-state index is -1.37. The van der Waals surface area contributed by atoms with Crippen LogP contribution in [0.3, 0.4) is 0 Å². The summed E-state index contributed by atoms with van der Waals surface area (Å²) in [5.41, 5.74) is 2.20. The second-order valence-electron chi connectivity index (χ2n) is 6.09. The van der Waals surface area contributed by atoms with Crippen LogP contribution in [0.1, 0.15) is 32.3 Å². The maximum Gasteiger partial charge on any atom is 0.488 e. The fraction of sp³-hybridized carbons (Fsp3) is 0.571. The van der Waals surface area contributed by atoms with E-state index in [9.17, 15) is 0 Å². The van der Waals surface area contributed by atoms with Gasteiger partial charge in [-0.15, -0.1) is 0 Å². The van der Waals surface area contributed by atoms with Crippen LogP contribution in [0.2, 0.25) is 0 Å². The van der Waals surface area contributed by atoms with E-state index in [1.165, 1.54) is 18.4 Å².